The topological polar surface area (TPSA) is 58.6 Å². The molecule has 2 aromatic carbocycles. The van der Waals surface area contributed by atoms with Gasteiger partial charge in [0.05, 0.1) is 0 Å². The van der Waals surface area contributed by atoms with Crippen LogP contribution in [0.15, 0.2) is 48.5 Å². The number of hydrogen-bond donors (Lipinski definition) is 1. The van der Waals surface area contributed by atoms with Crippen LogP contribution in [0.2, 0.25) is 0 Å². The molecule has 1 N–H and O–H groups in total. The quantitative estimate of drug-likeness (QED) is 0.699. The molecule has 1 saturated carbocycles. The Kier molecular flexibility index (Phi) is 6.41. The third-order valence-electron chi connectivity index (χ3n) is 6.46. The van der Waals surface area contributed by atoms with Gasteiger partial charge in [-0.15, -0.1) is 0 Å². The molecular weight excluding hydrogens is 403 g/mol. The number of benzene rings is 2. The lowest BCUT2D eigenvalue weighted by molar-refractivity contribution is 0.102. The zero-order valence-corrected chi connectivity index (χ0v) is 18.0. The van der Waals surface area contributed by atoms with E-state index in [4.69, 9.17) is 4.74 Å². The maximum absolute atomic E-state index is 13.8. The molecule has 4 rings (SSSR count). The standard InChI is InChI=1S/C23H29FN2O3S/c24-21-9-2-3-10-22(21)29-20-8-6-7-19(17-20)18-25-30(27,28)26-15-13-23(14-16-26)11-4-1-5-12-23/h2-3,6-10,17,25H,1,4-5,11-16,18H2. The van der Waals surface area contributed by atoms with Crippen LogP contribution in [0.5, 0.6) is 11.5 Å². The van der Waals surface area contributed by atoms with Crippen LogP contribution in [-0.4, -0.2) is 25.8 Å². The van der Waals surface area contributed by atoms with Crippen LogP contribution in [0.25, 0.3) is 0 Å². The molecule has 5 nitrogen and oxygen atoms in total. The number of hydrogen-bond acceptors (Lipinski definition) is 3. The maximum atomic E-state index is 13.8. The SMILES string of the molecule is O=S(=O)(NCc1cccc(Oc2ccccc2F)c1)N1CCC2(CCCCC2)CC1. The zero-order valence-electron chi connectivity index (χ0n) is 17.1. The van der Waals surface area contributed by atoms with E-state index in [0.717, 1.165) is 18.4 Å². The van der Waals surface area contributed by atoms with Crippen molar-refractivity contribution in [3.8, 4) is 11.5 Å². The van der Waals surface area contributed by atoms with E-state index in [1.807, 2.05) is 6.07 Å². The normalized spacial score (nSPS) is 19.6. The van der Waals surface area contributed by atoms with Crippen LogP contribution < -0.4 is 9.46 Å². The first-order valence-corrected chi connectivity index (χ1v) is 12.2. The molecule has 1 spiro atoms. The van der Waals surface area contributed by atoms with Gasteiger partial charge in [0.1, 0.15) is 5.75 Å². The summed E-state index contributed by atoms with van der Waals surface area (Å²) in [6.45, 7) is 1.34. The van der Waals surface area contributed by atoms with E-state index in [0.29, 0.717) is 24.3 Å². The van der Waals surface area contributed by atoms with Crippen molar-refractivity contribution in [2.75, 3.05) is 13.1 Å². The molecule has 1 aliphatic carbocycles. The molecule has 162 valence electrons. The minimum absolute atomic E-state index is 0.139. The fourth-order valence-corrected chi connectivity index (χ4v) is 5.84. The highest BCUT2D eigenvalue weighted by Gasteiger charge is 2.38. The van der Waals surface area contributed by atoms with E-state index in [1.165, 1.54) is 38.2 Å². The summed E-state index contributed by atoms with van der Waals surface area (Å²) in [4.78, 5) is 0. The summed E-state index contributed by atoms with van der Waals surface area (Å²) in [5.41, 5.74) is 1.12. The van der Waals surface area contributed by atoms with Crippen molar-refractivity contribution in [1.82, 2.24) is 9.03 Å². The van der Waals surface area contributed by atoms with Crippen molar-refractivity contribution in [3.63, 3.8) is 0 Å². The van der Waals surface area contributed by atoms with Gasteiger partial charge in [0.25, 0.3) is 10.2 Å². The van der Waals surface area contributed by atoms with Gasteiger partial charge in [-0.25, -0.2) is 4.39 Å². The van der Waals surface area contributed by atoms with Crippen LogP contribution in [0, 0.1) is 11.2 Å². The van der Waals surface area contributed by atoms with Gasteiger partial charge in [0, 0.05) is 19.6 Å². The number of para-hydroxylation sites is 1. The highest BCUT2D eigenvalue weighted by atomic mass is 32.2. The highest BCUT2D eigenvalue weighted by Crippen LogP contribution is 2.44. The molecule has 1 heterocycles. The molecule has 7 heteroatoms. The van der Waals surface area contributed by atoms with Crippen molar-refractivity contribution in [2.24, 2.45) is 5.41 Å². The van der Waals surface area contributed by atoms with E-state index in [2.05, 4.69) is 4.72 Å². The number of nitrogens with zero attached hydrogens (tertiary/aromatic N) is 1. The average molecular weight is 433 g/mol. The van der Waals surface area contributed by atoms with Crippen molar-refractivity contribution >= 4 is 10.2 Å². The van der Waals surface area contributed by atoms with Crippen LogP contribution >= 0.6 is 0 Å². The molecule has 30 heavy (non-hydrogen) atoms. The molecule has 1 aliphatic heterocycles. The van der Waals surface area contributed by atoms with Crippen LogP contribution in [0.1, 0.15) is 50.5 Å². The Bertz CT molecular complexity index is 964. The molecule has 0 radical (unpaired) electrons. The van der Waals surface area contributed by atoms with Crippen molar-refractivity contribution in [3.05, 3.63) is 59.9 Å². The van der Waals surface area contributed by atoms with Gasteiger partial charge in [-0.1, -0.05) is 43.5 Å². The Morgan fingerprint density at radius 3 is 2.43 bits per heavy atom. The molecule has 2 fully saturated rings. The maximum Gasteiger partial charge on any atom is 0.279 e. The lowest BCUT2D eigenvalue weighted by atomic mass is 9.68. The van der Waals surface area contributed by atoms with Crippen molar-refractivity contribution in [1.29, 1.82) is 0 Å². The first-order valence-electron chi connectivity index (χ1n) is 10.7. The van der Waals surface area contributed by atoms with Gasteiger partial charge < -0.3 is 4.74 Å². The number of halogens is 1. The van der Waals surface area contributed by atoms with E-state index in [1.54, 1.807) is 40.7 Å². The summed E-state index contributed by atoms with van der Waals surface area (Å²) in [6.07, 6.45) is 8.25. The lowest BCUT2D eigenvalue weighted by Crippen LogP contribution is -2.48. The largest absolute Gasteiger partial charge is 0.454 e. The third kappa shape index (κ3) is 5.02. The molecule has 0 aromatic heterocycles. The predicted octanol–water partition coefficient (Wildman–Crippen LogP) is 5.00. The average Bonchev–Trinajstić information content (AvgIpc) is 2.75. The smallest absolute Gasteiger partial charge is 0.279 e. The number of ether oxygens (including phenoxy) is 1. The Morgan fingerprint density at radius 1 is 0.967 bits per heavy atom. The van der Waals surface area contributed by atoms with Gasteiger partial charge in [0.15, 0.2) is 11.6 Å². The van der Waals surface area contributed by atoms with Gasteiger partial charge in [0.2, 0.25) is 0 Å². The molecule has 0 unspecified atom stereocenters. The second-order valence-corrected chi connectivity index (χ2v) is 10.2. The number of rotatable bonds is 6. The highest BCUT2D eigenvalue weighted by molar-refractivity contribution is 7.87. The summed E-state index contributed by atoms with van der Waals surface area (Å²) in [6, 6.07) is 13.2. The predicted molar refractivity (Wildman–Crippen MR) is 115 cm³/mol. The van der Waals surface area contributed by atoms with Crippen LogP contribution in [-0.2, 0) is 16.8 Å². The molecule has 2 aliphatic rings. The van der Waals surface area contributed by atoms with Crippen molar-refractivity contribution in [2.45, 2.75) is 51.5 Å². The first-order chi connectivity index (χ1) is 14.5. The second kappa shape index (κ2) is 9.04. The fourth-order valence-electron chi connectivity index (χ4n) is 4.64. The Balaban J connectivity index is 1.34. The number of piperidine rings is 1. The van der Waals surface area contributed by atoms with E-state index in [-0.39, 0.29) is 12.3 Å². The number of nitrogens with one attached hydrogen (secondary N) is 1. The minimum Gasteiger partial charge on any atom is -0.454 e. The van der Waals surface area contributed by atoms with Gasteiger partial charge in [-0.05, 0) is 60.9 Å². The molecule has 0 bridgehead atoms. The monoisotopic (exact) mass is 432 g/mol. The van der Waals surface area contributed by atoms with Gasteiger partial charge in [-0.3, -0.25) is 0 Å². The molecule has 2 aromatic rings. The van der Waals surface area contributed by atoms with Gasteiger partial charge >= 0.3 is 0 Å². The zero-order chi connectivity index (χ0) is 21.0. The van der Waals surface area contributed by atoms with Gasteiger partial charge in [-0.2, -0.15) is 17.4 Å². The fraction of sp³-hybridized carbons (Fsp3) is 0.478. The Labute approximate surface area is 178 Å². The first kappa shape index (κ1) is 21.3. The van der Waals surface area contributed by atoms with E-state index < -0.39 is 16.0 Å². The summed E-state index contributed by atoms with van der Waals surface area (Å²) < 4.78 is 49.2. The summed E-state index contributed by atoms with van der Waals surface area (Å²) >= 11 is 0. The lowest BCUT2D eigenvalue weighted by Gasteiger charge is -2.43. The van der Waals surface area contributed by atoms with Crippen LogP contribution in [0.4, 0.5) is 4.39 Å². The molecule has 1 saturated heterocycles. The second-order valence-electron chi connectivity index (χ2n) is 8.47. The Hall–Kier alpha value is -1.96. The van der Waals surface area contributed by atoms with E-state index >= 15 is 0 Å². The summed E-state index contributed by atoms with van der Waals surface area (Å²) in [5.74, 6) is 0.165. The molecule has 0 atom stereocenters. The third-order valence-corrected chi connectivity index (χ3v) is 8.01. The summed E-state index contributed by atoms with van der Waals surface area (Å²) in [7, 11) is -3.53. The molecular formula is C23H29FN2O3S. The molecule has 0 amide bonds. The van der Waals surface area contributed by atoms with Crippen molar-refractivity contribution < 1.29 is 17.5 Å². The Morgan fingerprint density at radius 2 is 1.70 bits per heavy atom. The van der Waals surface area contributed by atoms with E-state index in [9.17, 15) is 12.8 Å². The minimum atomic E-state index is -3.53. The summed E-state index contributed by atoms with van der Waals surface area (Å²) in [5, 5.41) is 0. The van der Waals surface area contributed by atoms with Crippen LogP contribution in [0.3, 0.4) is 0 Å².